The summed E-state index contributed by atoms with van der Waals surface area (Å²) < 4.78 is 1.14. The highest BCUT2D eigenvalue weighted by atomic mass is 35.5. The van der Waals surface area contributed by atoms with Gasteiger partial charge in [-0.25, -0.2) is 4.79 Å². The van der Waals surface area contributed by atoms with Crippen molar-refractivity contribution in [1.82, 2.24) is 9.55 Å². The number of rotatable bonds is 3. The maximum absolute atomic E-state index is 12.0. The summed E-state index contributed by atoms with van der Waals surface area (Å²) in [5.74, 6) is -0.218. The van der Waals surface area contributed by atoms with Crippen LogP contribution in [0.5, 0.6) is 5.88 Å². The molecular formula is C14H15ClN2O3. The molecule has 0 aliphatic rings. The van der Waals surface area contributed by atoms with Gasteiger partial charge in [0.2, 0.25) is 5.88 Å². The minimum absolute atomic E-state index is 0.0100. The Morgan fingerprint density at radius 1 is 1.30 bits per heavy atom. The van der Waals surface area contributed by atoms with Gasteiger partial charge in [-0.05, 0) is 12.0 Å². The first-order chi connectivity index (χ1) is 9.41. The van der Waals surface area contributed by atoms with E-state index in [9.17, 15) is 14.7 Å². The first kappa shape index (κ1) is 14.4. The Morgan fingerprint density at radius 2 is 1.95 bits per heavy atom. The molecule has 0 amide bonds. The minimum atomic E-state index is -0.652. The third-order valence-electron chi connectivity index (χ3n) is 2.86. The lowest BCUT2D eigenvalue weighted by Gasteiger charge is -2.13. The highest BCUT2D eigenvalue weighted by Gasteiger charge is 2.18. The van der Waals surface area contributed by atoms with Crippen LogP contribution in [0.2, 0.25) is 5.02 Å². The number of nitrogens with one attached hydrogen (secondary N) is 1. The van der Waals surface area contributed by atoms with E-state index in [4.69, 9.17) is 11.6 Å². The summed E-state index contributed by atoms with van der Waals surface area (Å²) in [7, 11) is 0. The van der Waals surface area contributed by atoms with E-state index in [1.165, 1.54) is 0 Å². The van der Waals surface area contributed by atoms with Gasteiger partial charge in [0.1, 0.15) is 5.56 Å². The lowest BCUT2D eigenvalue weighted by molar-refractivity contribution is 0.378. The van der Waals surface area contributed by atoms with Crippen molar-refractivity contribution in [2.75, 3.05) is 0 Å². The number of benzene rings is 1. The molecule has 0 radical (unpaired) electrons. The molecule has 20 heavy (non-hydrogen) atoms. The van der Waals surface area contributed by atoms with Gasteiger partial charge in [-0.2, -0.15) is 0 Å². The van der Waals surface area contributed by atoms with E-state index in [1.54, 1.807) is 24.3 Å². The number of aromatic amines is 1. The van der Waals surface area contributed by atoms with Crippen LogP contribution in [0, 0.1) is 5.92 Å². The van der Waals surface area contributed by atoms with Gasteiger partial charge in [0, 0.05) is 17.1 Å². The molecule has 2 rings (SSSR count). The Morgan fingerprint density at radius 3 is 2.55 bits per heavy atom. The number of H-pyrrole nitrogens is 1. The summed E-state index contributed by atoms with van der Waals surface area (Å²) in [6.45, 7) is 4.12. The average Bonchev–Trinajstić information content (AvgIpc) is 2.36. The van der Waals surface area contributed by atoms with Crippen molar-refractivity contribution in [2.24, 2.45) is 5.92 Å². The molecule has 5 nitrogen and oxygen atoms in total. The molecule has 0 atom stereocenters. The predicted octanol–water partition coefficient (Wildman–Crippen LogP) is 2.22. The van der Waals surface area contributed by atoms with Gasteiger partial charge in [0.25, 0.3) is 5.56 Å². The summed E-state index contributed by atoms with van der Waals surface area (Å²) >= 11 is 6.05. The number of hydrogen-bond acceptors (Lipinski definition) is 3. The number of aromatic hydroxyl groups is 1. The molecule has 0 aliphatic carbocycles. The van der Waals surface area contributed by atoms with Crippen LogP contribution in [0.15, 0.2) is 33.9 Å². The fourth-order valence-corrected chi connectivity index (χ4v) is 2.23. The average molecular weight is 295 g/mol. The SMILES string of the molecule is CC(C)Cn1c(O)c(-c2ccccc2Cl)c(=O)[nH]c1=O. The maximum Gasteiger partial charge on any atom is 0.331 e. The Labute approximate surface area is 120 Å². The maximum atomic E-state index is 12.0. The number of nitrogens with zero attached hydrogens (tertiary/aromatic N) is 1. The second-order valence-corrected chi connectivity index (χ2v) is 5.35. The molecule has 0 saturated heterocycles. The van der Waals surface area contributed by atoms with E-state index in [-0.39, 0.29) is 17.4 Å². The quantitative estimate of drug-likeness (QED) is 0.911. The molecule has 1 aromatic carbocycles. The van der Waals surface area contributed by atoms with Gasteiger partial charge in [-0.15, -0.1) is 0 Å². The van der Waals surface area contributed by atoms with E-state index in [0.717, 1.165) is 4.57 Å². The van der Waals surface area contributed by atoms with Gasteiger partial charge in [0.05, 0.1) is 0 Å². The van der Waals surface area contributed by atoms with E-state index in [2.05, 4.69) is 4.98 Å². The Hall–Kier alpha value is -2.01. The molecule has 0 unspecified atom stereocenters. The second kappa shape index (κ2) is 5.54. The zero-order chi connectivity index (χ0) is 14.9. The Kier molecular flexibility index (Phi) is 3.99. The van der Waals surface area contributed by atoms with Crippen molar-refractivity contribution in [1.29, 1.82) is 0 Å². The normalized spacial score (nSPS) is 11.0. The summed E-state index contributed by atoms with van der Waals surface area (Å²) in [5, 5.41) is 10.6. The molecule has 2 aromatic rings. The van der Waals surface area contributed by atoms with Crippen LogP contribution in [-0.2, 0) is 6.54 Å². The third kappa shape index (κ3) is 2.63. The van der Waals surface area contributed by atoms with Gasteiger partial charge >= 0.3 is 5.69 Å². The van der Waals surface area contributed by atoms with E-state index in [1.807, 2.05) is 13.8 Å². The van der Waals surface area contributed by atoms with Gasteiger partial charge in [0.15, 0.2) is 0 Å². The summed E-state index contributed by atoms with van der Waals surface area (Å²) in [5.41, 5.74) is -0.876. The smallest absolute Gasteiger partial charge is 0.331 e. The fourth-order valence-electron chi connectivity index (χ4n) is 2.00. The van der Waals surface area contributed by atoms with E-state index in [0.29, 0.717) is 17.1 Å². The molecule has 0 aliphatic heterocycles. The summed E-state index contributed by atoms with van der Waals surface area (Å²) in [6, 6.07) is 6.67. The lowest BCUT2D eigenvalue weighted by Crippen LogP contribution is -2.32. The molecule has 1 heterocycles. The number of hydrogen-bond donors (Lipinski definition) is 2. The molecule has 0 spiro atoms. The topological polar surface area (TPSA) is 75.1 Å². The van der Waals surface area contributed by atoms with Crippen molar-refractivity contribution in [2.45, 2.75) is 20.4 Å². The monoisotopic (exact) mass is 294 g/mol. The number of aromatic nitrogens is 2. The summed E-state index contributed by atoms with van der Waals surface area (Å²) in [6.07, 6.45) is 0. The minimum Gasteiger partial charge on any atom is -0.494 e. The van der Waals surface area contributed by atoms with Gasteiger partial charge in [-0.3, -0.25) is 14.3 Å². The van der Waals surface area contributed by atoms with Crippen LogP contribution >= 0.6 is 11.6 Å². The van der Waals surface area contributed by atoms with E-state index < -0.39 is 11.2 Å². The van der Waals surface area contributed by atoms with Crippen LogP contribution < -0.4 is 11.2 Å². The Balaban J connectivity index is 2.75. The van der Waals surface area contributed by atoms with Crippen LogP contribution in [0.1, 0.15) is 13.8 Å². The zero-order valence-corrected chi connectivity index (χ0v) is 11.9. The van der Waals surface area contributed by atoms with Crippen LogP contribution in [-0.4, -0.2) is 14.7 Å². The Bertz CT molecular complexity index is 747. The standard InChI is InChI=1S/C14H15ClN2O3/c1-8(2)7-17-13(19)11(12(18)16-14(17)20)9-5-3-4-6-10(9)15/h3-6,8,19H,7H2,1-2H3,(H,16,18,20). The van der Waals surface area contributed by atoms with E-state index >= 15 is 0 Å². The van der Waals surface area contributed by atoms with Crippen LogP contribution in [0.4, 0.5) is 0 Å². The molecule has 1 aromatic heterocycles. The third-order valence-corrected chi connectivity index (χ3v) is 3.19. The molecule has 2 N–H and O–H groups in total. The molecule has 0 bridgehead atoms. The largest absolute Gasteiger partial charge is 0.494 e. The zero-order valence-electron chi connectivity index (χ0n) is 11.2. The highest BCUT2D eigenvalue weighted by molar-refractivity contribution is 6.33. The second-order valence-electron chi connectivity index (χ2n) is 4.94. The van der Waals surface area contributed by atoms with Crippen LogP contribution in [0.25, 0.3) is 11.1 Å². The van der Waals surface area contributed by atoms with Crippen molar-refractivity contribution >= 4 is 11.6 Å². The van der Waals surface area contributed by atoms with Crippen molar-refractivity contribution < 1.29 is 5.11 Å². The van der Waals surface area contributed by atoms with Crippen LogP contribution in [0.3, 0.4) is 0 Å². The number of halogens is 1. The first-order valence-corrected chi connectivity index (χ1v) is 6.60. The molecule has 106 valence electrons. The fraction of sp³-hybridized carbons (Fsp3) is 0.286. The van der Waals surface area contributed by atoms with Crippen molar-refractivity contribution in [3.05, 3.63) is 50.1 Å². The molecule has 0 saturated carbocycles. The van der Waals surface area contributed by atoms with Crippen molar-refractivity contribution in [3.63, 3.8) is 0 Å². The van der Waals surface area contributed by atoms with Gasteiger partial charge < -0.3 is 5.11 Å². The molecule has 0 fully saturated rings. The van der Waals surface area contributed by atoms with Crippen molar-refractivity contribution in [3.8, 4) is 17.0 Å². The first-order valence-electron chi connectivity index (χ1n) is 6.22. The summed E-state index contributed by atoms with van der Waals surface area (Å²) in [4.78, 5) is 26.0. The highest BCUT2D eigenvalue weighted by Crippen LogP contribution is 2.30. The lowest BCUT2D eigenvalue weighted by atomic mass is 10.1. The van der Waals surface area contributed by atoms with Gasteiger partial charge in [-0.1, -0.05) is 43.6 Å². The molecular weight excluding hydrogens is 280 g/mol. The molecule has 6 heteroatoms. The predicted molar refractivity (Wildman–Crippen MR) is 78.3 cm³/mol.